The van der Waals surface area contributed by atoms with E-state index in [1.807, 2.05) is 13.0 Å². The Morgan fingerprint density at radius 2 is 2.05 bits per heavy atom. The number of amidine groups is 1. The highest BCUT2D eigenvalue weighted by molar-refractivity contribution is 6.00. The van der Waals surface area contributed by atoms with Crippen molar-refractivity contribution in [3.05, 3.63) is 59.1 Å². The summed E-state index contributed by atoms with van der Waals surface area (Å²) in [4.78, 5) is 33.0. The molecule has 0 spiro atoms. The first-order valence-electron chi connectivity index (χ1n) is 11.2. The average molecular weight is 523 g/mol. The fourth-order valence-electron chi connectivity index (χ4n) is 3.78. The predicted molar refractivity (Wildman–Crippen MR) is 129 cm³/mol. The molecule has 10 nitrogen and oxygen atoms in total. The summed E-state index contributed by atoms with van der Waals surface area (Å²) in [7, 11) is 0. The van der Waals surface area contributed by atoms with Crippen molar-refractivity contribution in [3.8, 4) is 0 Å². The van der Waals surface area contributed by atoms with E-state index in [2.05, 4.69) is 25.7 Å². The number of fused-ring (bicyclic) bond motifs is 1. The second-order valence-corrected chi connectivity index (χ2v) is 8.34. The van der Waals surface area contributed by atoms with E-state index in [1.54, 1.807) is 12.2 Å². The van der Waals surface area contributed by atoms with E-state index in [4.69, 9.17) is 5.73 Å². The first kappa shape index (κ1) is 27.4. The highest BCUT2D eigenvalue weighted by atomic mass is 19.4. The normalized spacial score (nSPS) is 16.8. The maximum Gasteiger partial charge on any atom is 0.405 e. The van der Waals surface area contributed by atoms with Gasteiger partial charge in [-0.1, -0.05) is 19.1 Å². The molecule has 3 amide bonds. The molecule has 2 aromatic heterocycles. The molecule has 0 fully saturated rings. The molecule has 0 saturated carbocycles. The number of anilines is 1. The number of rotatable bonds is 6. The Bertz CT molecular complexity index is 1320. The number of nitrogens with zero attached hydrogens (tertiary/aromatic N) is 4. The van der Waals surface area contributed by atoms with Gasteiger partial charge in [-0.05, 0) is 37.8 Å². The van der Waals surface area contributed by atoms with E-state index in [0.717, 1.165) is 18.1 Å². The fourth-order valence-corrected chi connectivity index (χ4v) is 3.78. The monoisotopic (exact) mass is 522 g/mol. The standard InChI is InChI=1S/C23H26F4N8O2/c1-4-17(33-22(37)34-18-8-12(2)7-13(3)32-18)16(24)6-5-14-15(21(36)29-10-23(25,26)27)9-35-19(14)20(28)30-11-31-35/h4,6-7,9,11-12H,5,8,10H2,1-3H3,(H,29,36)(H2,28,30,31)(H2,32,33,34,37)/b16-6+,17-4+/t12-/m1/s1. The van der Waals surface area contributed by atoms with Gasteiger partial charge < -0.3 is 16.4 Å². The van der Waals surface area contributed by atoms with Crippen LogP contribution in [-0.4, -0.2) is 45.1 Å². The summed E-state index contributed by atoms with van der Waals surface area (Å²) in [5.41, 5.74) is 6.56. The number of carbonyl (C=O) groups is 2. The van der Waals surface area contributed by atoms with Crippen LogP contribution in [0.25, 0.3) is 5.52 Å². The highest BCUT2D eigenvalue weighted by Gasteiger charge is 2.29. The average Bonchev–Trinajstić information content (AvgIpc) is 3.18. The van der Waals surface area contributed by atoms with Crippen molar-refractivity contribution in [3.63, 3.8) is 0 Å². The third-order valence-corrected chi connectivity index (χ3v) is 5.29. The predicted octanol–water partition coefficient (Wildman–Crippen LogP) is 3.54. The molecule has 0 unspecified atom stereocenters. The molecule has 37 heavy (non-hydrogen) atoms. The topological polar surface area (TPSA) is 139 Å². The lowest BCUT2D eigenvalue weighted by Gasteiger charge is -2.17. The number of urea groups is 1. The number of alkyl halides is 3. The van der Waals surface area contributed by atoms with Crippen molar-refractivity contribution < 1.29 is 27.2 Å². The number of nitrogen functional groups attached to an aromatic ring is 1. The number of nitrogens with one attached hydrogen (secondary N) is 3. The second kappa shape index (κ2) is 11.2. The number of hydrogen-bond acceptors (Lipinski definition) is 6. The molecule has 0 aliphatic carbocycles. The lowest BCUT2D eigenvalue weighted by Crippen LogP contribution is -2.40. The minimum atomic E-state index is -4.62. The van der Waals surface area contributed by atoms with E-state index in [9.17, 15) is 22.8 Å². The number of hydrogen-bond donors (Lipinski definition) is 4. The Hall–Kier alpha value is -4.23. The fraction of sp³-hybridized carbons (Fsp3) is 0.348. The maximum absolute atomic E-state index is 15.1. The third-order valence-electron chi connectivity index (χ3n) is 5.29. The van der Waals surface area contributed by atoms with Crippen LogP contribution < -0.4 is 21.7 Å². The number of aromatic nitrogens is 3. The second-order valence-electron chi connectivity index (χ2n) is 8.34. The zero-order valence-corrected chi connectivity index (χ0v) is 20.3. The van der Waals surface area contributed by atoms with E-state index in [0.29, 0.717) is 12.3 Å². The van der Waals surface area contributed by atoms with Crippen molar-refractivity contribution in [1.82, 2.24) is 30.5 Å². The summed E-state index contributed by atoms with van der Waals surface area (Å²) in [6.07, 6.45) is 2.27. The van der Waals surface area contributed by atoms with Gasteiger partial charge in [0.15, 0.2) is 5.82 Å². The number of allylic oxidation sites excluding steroid dienone is 5. The number of amides is 3. The molecule has 14 heteroatoms. The highest BCUT2D eigenvalue weighted by Crippen LogP contribution is 2.24. The molecular formula is C23H26F4N8O2. The Labute approximate surface area is 209 Å². The molecule has 1 aliphatic heterocycles. The van der Waals surface area contributed by atoms with E-state index >= 15 is 4.39 Å². The Morgan fingerprint density at radius 1 is 1.32 bits per heavy atom. The Balaban J connectivity index is 1.80. The van der Waals surface area contributed by atoms with E-state index < -0.39 is 30.5 Å². The van der Waals surface area contributed by atoms with Crippen LogP contribution in [0.4, 0.5) is 28.2 Å². The largest absolute Gasteiger partial charge is 0.405 e. The molecule has 0 saturated heterocycles. The number of halogens is 4. The summed E-state index contributed by atoms with van der Waals surface area (Å²) in [6, 6.07) is -0.698. The van der Waals surface area contributed by atoms with Crippen LogP contribution in [0.5, 0.6) is 0 Å². The van der Waals surface area contributed by atoms with Crippen LogP contribution in [-0.2, 0) is 6.42 Å². The van der Waals surface area contributed by atoms with Crippen molar-refractivity contribution >= 4 is 29.1 Å². The molecule has 1 atom stereocenters. The van der Waals surface area contributed by atoms with Crippen LogP contribution >= 0.6 is 0 Å². The Kier molecular flexibility index (Phi) is 8.30. The quantitative estimate of drug-likeness (QED) is 0.340. The summed E-state index contributed by atoms with van der Waals surface area (Å²) >= 11 is 0. The summed E-state index contributed by atoms with van der Waals surface area (Å²) < 4.78 is 54.0. The van der Waals surface area contributed by atoms with Gasteiger partial charge in [0, 0.05) is 18.3 Å². The van der Waals surface area contributed by atoms with Crippen LogP contribution in [0.15, 0.2) is 53.0 Å². The van der Waals surface area contributed by atoms with Gasteiger partial charge in [0.25, 0.3) is 5.91 Å². The molecule has 5 N–H and O–H groups in total. The van der Waals surface area contributed by atoms with Crippen molar-refractivity contribution in [2.75, 3.05) is 12.3 Å². The van der Waals surface area contributed by atoms with E-state index in [-0.39, 0.29) is 40.5 Å². The molecule has 3 rings (SSSR count). The molecule has 3 heterocycles. The molecule has 198 valence electrons. The minimum Gasteiger partial charge on any atom is -0.382 e. The van der Waals surface area contributed by atoms with Crippen LogP contribution in [0, 0.1) is 5.92 Å². The van der Waals surface area contributed by atoms with Crippen molar-refractivity contribution in [2.45, 2.75) is 39.8 Å². The summed E-state index contributed by atoms with van der Waals surface area (Å²) in [6.45, 7) is 3.73. The maximum atomic E-state index is 15.1. The van der Waals surface area contributed by atoms with Gasteiger partial charge in [-0.3, -0.25) is 10.1 Å². The number of aliphatic imine (C=N–C) groups is 1. The lowest BCUT2D eigenvalue weighted by molar-refractivity contribution is -0.123. The van der Waals surface area contributed by atoms with Gasteiger partial charge in [-0.15, -0.1) is 0 Å². The zero-order chi connectivity index (χ0) is 27.3. The molecule has 2 aromatic rings. The van der Waals surface area contributed by atoms with Crippen LogP contribution in [0.3, 0.4) is 0 Å². The van der Waals surface area contributed by atoms with Gasteiger partial charge in [0.1, 0.15) is 30.1 Å². The first-order chi connectivity index (χ1) is 17.4. The SMILES string of the molecule is C/C=C(NC(=O)NC1=NC(C)=C[C@@H](C)C1)\C(F)=C/Cc1c(C(=O)NCC(F)(F)F)cn2ncnc(N)c12. The number of nitrogens with two attached hydrogens (primary N) is 1. The Morgan fingerprint density at radius 3 is 2.70 bits per heavy atom. The molecule has 0 bridgehead atoms. The van der Waals surface area contributed by atoms with Crippen LogP contribution in [0.1, 0.15) is 43.1 Å². The first-order valence-corrected chi connectivity index (χ1v) is 11.2. The van der Waals surface area contributed by atoms with Crippen molar-refractivity contribution in [1.29, 1.82) is 0 Å². The summed E-state index contributed by atoms with van der Waals surface area (Å²) in [5, 5.41) is 10.7. The number of carbonyl (C=O) groups excluding carboxylic acids is 2. The van der Waals surface area contributed by atoms with E-state index in [1.165, 1.54) is 23.7 Å². The minimum absolute atomic E-state index is 0.0516. The molecule has 1 aliphatic rings. The molecule has 0 aromatic carbocycles. The lowest BCUT2D eigenvalue weighted by atomic mass is 10.0. The molecule has 0 radical (unpaired) electrons. The van der Waals surface area contributed by atoms with Gasteiger partial charge in [0.2, 0.25) is 0 Å². The van der Waals surface area contributed by atoms with Gasteiger partial charge >= 0.3 is 12.2 Å². The van der Waals surface area contributed by atoms with Gasteiger partial charge in [0.05, 0.1) is 11.3 Å². The molecular weight excluding hydrogens is 496 g/mol. The van der Waals surface area contributed by atoms with Gasteiger partial charge in [-0.25, -0.2) is 23.7 Å². The van der Waals surface area contributed by atoms with Crippen LogP contribution in [0.2, 0.25) is 0 Å². The van der Waals surface area contributed by atoms with Gasteiger partial charge in [-0.2, -0.15) is 18.3 Å². The van der Waals surface area contributed by atoms with Crippen molar-refractivity contribution in [2.24, 2.45) is 10.9 Å². The summed E-state index contributed by atoms with van der Waals surface area (Å²) in [5.74, 6) is -1.31. The smallest absolute Gasteiger partial charge is 0.382 e. The third kappa shape index (κ3) is 7.15. The zero-order valence-electron chi connectivity index (χ0n) is 20.3.